The van der Waals surface area contributed by atoms with Crippen molar-refractivity contribution in [1.29, 1.82) is 0 Å². The van der Waals surface area contributed by atoms with Gasteiger partial charge in [-0.15, -0.1) is 0 Å². The molecule has 1 heterocycles. The van der Waals surface area contributed by atoms with Crippen molar-refractivity contribution >= 4 is 52.2 Å². The molecule has 5 nitrogen and oxygen atoms in total. The number of pyridine rings is 1. The van der Waals surface area contributed by atoms with Crippen LogP contribution in [0.25, 0.3) is 10.4 Å². The van der Waals surface area contributed by atoms with Gasteiger partial charge in [0.25, 0.3) is 0 Å². The normalized spacial score (nSPS) is 9.71. The molecule has 0 N–H and O–H groups in total. The second-order valence-corrected chi connectivity index (χ2v) is 3.53. The lowest BCUT2D eigenvalue weighted by Crippen LogP contribution is -2.28. The van der Waals surface area contributed by atoms with Crippen LogP contribution in [0, 0.1) is 5.21 Å². The quantitative estimate of drug-likeness (QED) is 0.191. The Bertz CT molecular complexity index is 413. The standard InChI is InChI=1S/C5Cl4N4O/c6-1-2(7)4(9)13(14)5(3(1)8)11-12-10. The van der Waals surface area contributed by atoms with Crippen molar-refractivity contribution in [1.82, 2.24) is 0 Å². The summed E-state index contributed by atoms with van der Waals surface area (Å²) in [4.78, 5) is 2.40. The molecule has 0 aromatic carbocycles. The second-order valence-electron chi connectivity index (χ2n) is 2.04. The van der Waals surface area contributed by atoms with E-state index in [4.69, 9.17) is 51.9 Å². The van der Waals surface area contributed by atoms with Gasteiger partial charge in [-0.1, -0.05) is 34.8 Å². The number of rotatable bonds is 1. The molecule has 0 atom stereocenters. The molecule has 0 bridgehead atoms. The monoisotopic (exact) mass is 272 g/mol. The van der Waals surface area contributed by atoms with E-state index in [1.165, 1.54) is 0 Å². The van der Waals surface area contributed by atoms with Crippen molar-refractivity contribution in [2.75, 3.05) is 0 Å². The number of halogens is 4. The minimum absolute atomic E-state index is 0.0951. The Morgan fingerprint density at radius 2 is 1.71 bits per heavy atom. The van der Waals surface area contributed by atoms with Gasteiger partial charge in [0.15, 0.2) is 5.02 Å². The van der Waals surface area contributed by atoms with Gasteiger partial charge in [0, 0.05) is 5.53 Å². The molecule has 1 aromatic rings. The maximum absolute atomic E-state index is 11.2. The summed E-state index contributed by atoms with van der Waals surface area (Å²) in [5.74, 6) is -0.437. The fourth-order valence-electron chi connectivity index (χ4n) is 0.683. The average molecular weight is 274 g/mol. The van der Waals surface area contributed by atoms with Crippen molar-refractivity contribution in [3.8, 4) is 0 Å². The molecule has 0 aliphatic rings. The first-order chi connectivity index (χ1) is 6.50. The zero-order valence-corrected chi connectivity index (χ0v) is 9.23. The Kier molecular flexibility index (Phi) is 3.53. The summed E-state index contributed by atoms with van der Waals surface area (Å²) in [7, 11) is 0. The highest BCUT2D eigenvalue weighted by molar-refractivity contribution is 6.51. The Hall–Kier alpha value is -0.580. The first kappa shape index (κ1) is 11.5. The maximum Gasteiger partial charge on any atom is 0.441 e. The molecule has 1 rings (SSSR count). The van der Waals surface area contributed by atoms with Crippen LogP contribution in [0.3, 0.4) is 0 Å². The minimum atomic E-state index is -0.437. The van der Waals surface area contributed by atoms with E-state index < -0.39 is 11.0 Å². The average Bonchev–Trinajstić information content (AvgIpc) is 2.19. The molecule has 0 spiro atoms. The number of hydrogen-bond donors (Lipinski definition) is 0. The largest absolute Gasteiger partial charge is 0.709 e. The van der Waals surface area contributed by atoms with Gasteiger partial charge in [0.1, 0.15) is 5.02 Å². The van der Waals surface area contributed by atoms with Crippen molar-refractivity contribution in [2.24, 2.45) is 5.11 Å². The molecule has 0 unspecified atom stereocenters. The summed E-state index contributed by atoms with van der Waals surface area (Å²) in [6.45, 7) is 0. The van der Waals surface area contributed by atoms with Crippen LogP contribution in [-0.2, 0) is 0 Å². The smallest absolute Gasteiger partial charge is 0.441 e. The first-order valence-corrected chi connectivity index (χ1v) is 4.52. The van der Waals surface area contributed by atoms with Crippen LogP contribution in [0.4, 0.5) is 5.82 Å². The molecular weight excluding hydrogens is 274 g/mol. The highest BCUT2D eigenvalue weighted by atomic mass is 35.5. The minimum Gasteiger partial charge on any atom is -0.709 e. The number of azide groups is 1. The summed E-state index contributed by atoms with van der Waals surface area (Å²) in [6.07, 6.45) is 0. The molecule has 0 radical (unpaired) electrons. The van der Waals surface area contributed by atoms with E-state index in [1.54, 1.807) is 0 Å². The third-order valence-electron chi connectivity index (χ3n) is 1.27. The predicted octanol–water partition coefficient (Wildman–Crippen LogP) is 3.88. The summed E-state index contributed by atoms with van der Waals surface area (Å²) in [6, 6.07) is 0. The van der Waals surface area contributed by atoms with Gasteiger partial charge in [0.05, 0.1) is 5.02 Å². The van der Waals surface area contributed by atoms with Crippen molar-refractivity contribution in [3.05, 3.63) is 35.9 Å². The van der Waals surface area contributed by atoms with Crippen molar-refractivity contribution in [2.45, 2.75) is 0 Å². The van der Waals surface area contributed by atoms with Crippen LogP contribution in [0.5, 0.6) is 0 Å². The van der Waals surface area contributed by atoms with Crippen LogP contribution >= 0.6 is 46.4 Å². The van der Waals surface area contributed by atoms with Crippen molar-refractivity contribution in [3.63, 3.8) is 0 Å². The molecule has 14 heavy (non-hydrogen) atoms. The lowest BCUT2D eigenvalue weighted by atomic mass is 10.4. The lowest BCUT2D eigenvalue weighted by Gasteiger charge is -2.07. The van der Waals surface area contributed by atoms with E-state index >= 15 is 0 Å². The zero-order chi connectivity index (χ0) is 10.9. The summed E-state index contributed by atoms with van der Waals surface area (Å²) >= 11 is 22.3. The first-order valence-electron chi connectivity index (χ1n) is 3.01. The van der Waals surface area contributed by atoms with E-state index in [2.05, 4.69) is 10.0 Å². The van der Waals surface area contributed by atoms with Crippen LogP contribution in [-0.4, -0.2) is 0 Å². The zero-order valence-electron chi connectivity index (χ0n) is 6.21. The van der Waals surface area contributed by atoms with Crippen LogP contribution in [0.2, 0.25) is 20.2 Å². The van der Waals surface area contributed by atoms with Gasteiger partial charge in [-0.25, -0.2) is 4.73 Å². The fourth-order valence-corrected chi connectivity index (χ4v) is 1.51. The van der Waals surface area contributed by atoms with Gasteiger partial charge >= 0.3 is 10.9 Å². The molecule has 0 aliphatic heterocycles. The Labute approximate surface area is 98.0 Å². The van der Waals surface area contributed by atoms with Gasteiger partial charge in [0.2, 0.25) is 10.1 Å². The SMILES string of the molecule is [N-]=[N+]=Nc1c(Cl)c(Cl)c(Cl)c(Cl)[n+]1[O-]. The van der Waals surface area contributed by atoms with Gasteiger partial charge in [-0.2, -0.15) is 0 Å². The van der Waals surface area contributed by atoms with Crippen LogP contribution in [0.15, 0.2) is 5.11 Å². The third kappa shape index (κ3) is 1.78. The molecular formula is C5Cl4N4O. The molecule has 0 saturated heterocycles. The van der Waals surface area contributed by atoms with Crippen LogP contribution in [0.1, 0.15) is 0 Å². The Morgan fingerprint density at radius 3 is 2.21 bits per heavy atom. The molecule has 0 aliphatic carbocycles. The number of aromatic nitrogens is 1. The molecule has 1 aromatic heterocycles. The second kappa shape index (κ2) is 4.29. The van der Waals surface area contributed by atoms with E-state index in [0.717, 1.165) is 0 Å². The summed E-state index contributed by atoms with van der Waals surface area (Å²) in [5.41, 5.74) is 8.15. The van der Waals surface area contributed by atoms with E-state index in [1.807, 2.05) is 0 Å². The third-order valence-corrected chi connectivity index (χ3v) is 3.01. The van der Waals surface area contributed by atoms with E-state index in [9.17, 15) is 5.21 Å². The fraction of sp³-hybridized carbons (Fsp3) is 0. The van der Waals surface area contributed by atoms with Crippen molar-refractivity contribution < 1.29 is 4.73 Å². The van der Waals surface area contributed by atoms with Gasteiger partial charge in [-0.05, 0) is 11.6 Å². The van der Waals surface area contributed by atoms with Gasteiger partial charge in [-0.3, -0.25) is 0 Å². The molecule has 0 amide bonds. The number of nitrogens with zero attached hydrogens (tertiary/aromatic N) is 4. The maximum atomic E-state index is 11.2. The highest BCUT2D eigenvalue weighted by Crippen LogP contribution is 2.38. The molecule has 74 valence electrons. The topological polar surface area (TPSA) is 75.7 Å². The Balaban J connectivity index is 3.67. The summed E-state index contributed by atoms with van der Waals surface area (Å²) < 4.78 is 0.0951. The van der Waals surface area contributed by atoms with Gasteiger partial charge < -0.3 is 5.21 Å². The Morgan fingerprint density at radius 1 is 1.14 bits per heavy atom. The predicted molar refractivity (Wildman–Crippen MR) is 54.2 cm³/mol. The summed E-state index contributed by atoms with van der Waals surface area (Å²) in [5, 5.41) is 13.3. The molecule has 0 saturated carbocycles. The van der Waals surface area contributed by atoms with E-state index in [-0.39, 0.29) is 19.8 Å². The highest BCUT2D eigenvalue weighted by Gasteiger charge is 2.26. The molecule has 0 fully saturated rings. The molecule has 9 heteroatoms. The lowest BCUT2D eigenvalue weighted by molar-refractivity contribution is -0.589. The van der Waals surface area contributed by atoms with Crippen LogP contribution < -0.4 is 4.73 Å². The number of hydrogen-bond acceptors (Lipinski definition) is 2. The van der Waals surface area contributed by atoms with E-state index in [0.29, 0.717) is 0 Å².